The Balaban J connectivity index is 2.37. The number of imidazole rings is 1. The largest absolute Gasteiger partial charge is 0.256 e. The molecule has 0 bridgehead atoms. The van der Waals surface area contributed by atoms with Crippen molar-refractivity contribution in [3.05, 3.63) is 18.2 Å². The van der Waals surface area contributed by atoms with Gasteiger partial charge in [0, 0.05) is 6.42 Å². The van der Waals surface area contributed by atoms with Gasteiger partial charge < -0.3 is 0 Å². The molecule has 0 aromatic carbocycles. The number of hydrogen-bond donors (Lipinski definition) is 0. The van der Waals surface area contributed by atoms with Crippen LogP contribution in [0.4, 0.5) is 0 Å². The van der Waals surface area contributed by atoms with Crippen LogP contribution in [-0.2, 0) is 19.5 Å². The molecule has 1 heterocycles. The van der Waals surface area contributed by atoms with Gasteiger partial charge in [-0.2, -0.15) is 0 Å². The summed E-state index contributed by atoms with van der Waals surface area (Å²) in [6.45, 7) is 9.32. The molecule has 0 fully saturated rings. The summed E-state index contributed by atoms with van der Waals surface area (Å²) >= 11 is 0. The van der Waals surface area contributed by atoms with Crippen molar-refractivity contribution in [2.45, 2.75) is 130 Å². The lowest BCUT2D eigenvalue weighted by molar-refractivity contribution is -0.704. The SMILES string of the molecule is CCCCCCCCCn1cc[n+](CCCCCCC)c1CCCC. The molecule has 0 amide bonds. The van der Waals surface area contributed by atoms with Crippen LogP contribution in [0.2, 0.25) is 0 Å². The lowest BCUT2D eigenvalue weighted by Crippen LogP contribution is -2.37. The van der Waals surface area contributed by atoms with E-state index < -0.39 is 0 Å². The Morgan fingerprint density at radius 2 is 1.24 bits per heavy atom. The van der Waals surface area contributed by atoms with Crippen LogP contribution in [0, 0.1) is 0 Å². The predicted octanol–water partition coefficient (Wildman–Crippen LogP) is 6.84. The summed E-state index contributed by atoms with van der Waals surface area (Å²) < 4.78 is 5.09. The quantitative estimate of drug-likeness (QED) is 0.215. The second kappa shape index (κ2) is 15.5. The fourth-order valence-corrected chi connectivity index (χ4v) is 3.65. The molecule has 0 radical (unpaired) electrons. The first-order chi connectivity index (χ1) is 12.3. The van der Waals surface area contributed by atoms with E-state index in [0.717, 1.165) is 0 Å². The lowest BCUT2D eigenvalue weighted by atomic mass is 10.1. The Kier molecular flexibility index (Phi) is 13.8. The second-order valence-electron chi connectivity index (χ2n) is 7.74. The molecule has 0 N–H and O–H groups in total. The normalized spacial score (nSPS) is 11.3. The van der Waals surface area contributed by atoms with Gasteiger partial charge in [0.05, 0.1) is 13.1 Å². The van der Waals surface area contributed by atoms with Crippen molar-refractivity contribution in [1.82, 2.24) is 4.57 Å². The van der Waals surface area contributed by atoms with Gasteiger partial charge in [0.2, 0.25) is 0 Å². The summed E-state index contributed by atoms with van der Waals surface area (Å²) in [5.41, 5.74) is 0. The van der Waals surface area contributed by atoms with E-state index in [1.54, 1.807) is 5.82 Å². The van der Waals surface area contributed by atoms with Crippen LogP contribution in [0.5, 0.6) is 0 Å². The molecule has 1 rings (SSSR count). The highest BCUT2D eigenvalue weighted by Crippen LogP contribution is 2.10. The summed E-state index contributed by atoms with van der Waals surface area (Å²) in [7, 11) is 0. The van der Waals surface area contributed by atoms with Crippen molar-refractivity contribution in [3.8, 4) is 0 Å². The number of aryl methyl sites for hydroxylation is 2. The summed E-state index contributed by atoms with van der Waals surface area (Å²) in [6.07, 6.45) is 25.2. The number of aromatic nitrogens is 2. The minimum atomic E-state index is 1.22. The number of nitrogens with zero attached hydrogens (tertiary/aromatic N) is 2. The van der Waals surface area contributed by atoms with Gasteiger partial charge in [-0.3, -0.25) is 0 Å². The Bertz CT molecular complexity index is 408. The van der Waals surface area contributed by atoms with Gasteiger partial charge in [-0.05, 0) is 32.1 Å². The Morgan fingerprint density at radius 3 is 1.88 bits per heavy atom. The van der Waals surface area contributed by atoms with Crippen molar-refractivity contribution < 1.29 is 4.57 Å². The minimum absolute atomic E-state index is 1.22. The molecular weight excluding hydrogens is 304 g/mol. The maximum Gasteiger partial charge on any atom is 0.256 e. The number of rotatable bonds is 17. The molecule has 1 aromatic heterocycles. The van der Waals surface area contributed by atoms with E-state index >= 15 is 0 Å². The first-order valence-electron chi connectivity index (χ1n) is 11.4. The molecule has 0 aliphatic carbocycles. The summed E-state index contributed by atoms with van der Waals surface area (Å²) in [5, 5.41) is 0. The van der Waals surface area contributed by atoms with Crippen molar-refractivity contribution in [2.24, 2.45) is 0 Å². The maximum absolute atomic E-state index is 2.55. The van der Waals surface area contributed by atoms with Gasteiger partial charge in [0.1, 0.15) is 12.4 Å². The van der Waals surface area contributed by atoms with Gasteiger partial charge in [-0.1, -0.05) is 78.6 Å². The van der Waals surface area contributed by atoms with Gasteiger partial charge in [0.25, 0.3) is 5.82 Å². The highest BCUT2D eigenvalue weighted by atomic mass is 15.1. The average Bonchev–Trinajstić information content (AvgIpc) is 3.00. The highest BCUT2D eigenvalue weighted by molar-refractivity contribution is 4.84. The van der Waals surface area contributed by atoms with Gasteiger partial charge in [-0.15, -0.1) is 0 Å². The molecule has 0 saturated carbocycles. The zero-order chi connectivity index (χ0) is 18.2. The fourth-order valence-electron chi connectivity index (χ4n) is 3.65. The lowest BCUT2D eigenvalue weighted by Gasteiger charge is -2.06. The van der Waals surface area contributed by atoms with Crippen LogP contribution in [0.1, 0.15) is 116 Å². The summed E-state index contributed by atoms with van der Waals surface area (Å²) in [5.74, 6) is 1.57. The third-order valence-corrected chi connectivity index (χ3v) is 5.35. The topological polar surface area (TPSA) is 8.81 Å². The molecule has 2 heteroatoms. The Morgan fingerprint density at radius 1 is 0.680 bits per heavy atom. The van der Waals surface area contributed by atoms with Crippen LogP contribution < -0.4 is 4.57 Å². The maximum atomic E-state index is 2.55. The molecule has 146 valence electrons. The van der Waals surface area contributed by atoms with Crippen LogP contribution >= 0.6 is 0 Å². The average molecular weight is 350 g/mol. The highest BCUT2D eigenvalue weighted by Gasteiger charge is 2.15. The van der Waals surface area contributed by atoms with Crippen molar-refractivity contribution in [3.63, 3.8) is 0 Å². The molecule has 1 aromatic rings. The molecule has 0 aliphatic heterocycles. The zero-order valence-electron chi connectivity index (χ0n) is 17.6. The molecule has 0 atom stereocenters. The van der Waals surface area contributed by atoms with E-state index in [9.17, 15) is 0 Å². The number of hydrogen-bond acceptors (Lipinski definition) is 0. The van der Waals surface area contributed by atoms with Crippen molar-refractivity contribution >= 4 is 0 Å². The molecular formula is C23H45N2+. The van der Waals surface area contributed by atoms with E-state index in [1.807, 2.05) is 0 Å². The third-order valence-electron chi connectivity index (χ3n) is 5.35. The minimum Gasteiger partial charge on any atom is -0.234 e. The predicted molar refractivity (Wildman–Crippen MR) is 110 cm³/mol. The molecule has 25 heavy (non-hydrogen) atoms. The van der Waals surface area contributed by atoms with Crippen LogP contribution in [0.3, 0.4) is 0 Å². The Hall–Kier alpha value is -0.790. The van der Waals surface area contributed by atoms with E-state index in [1.165, 1.54) is 109 Å². The van der Waals surface area contributed by atoms with Crippen LogP contribution in [0.15, 0.2) is 12.4 Å². The molecule has 0 spiro atoms. The fraction of sp³-hybridized carbons (Fsp3) is 0.870. The first-order valence-corrected chi connectivity index (χ1v) is 11.4. The van der Waals surface area contributed by atoms with E-state index in [0.29, 0.717) is 0 Å². The molecule has 0 unspecified atom stereocenters. The summed E-state index contributed by atoms with van der Waals surface area (Å²) in [6, 6.07) is 0. The monoisotopic (exact) mass is 349 g/mol. The second-order valence-corrected chi connectivity index (χ2v) is 7.74. The van der Waals surface area contributed by atoms with Gasteiger partial charge >= 0.3 is 0 Å². The van der Waals surface area contributed by atoms with Gasteiger partial charge in [0.15, 0.2) is 0 Å². The number of unbranched alkanes of at least 4 members (excludes halogenated alkanes) is 11. The van der Waals surface area contributed by atoms with Crippen molar-refractivity contribution in [1.29, 1.82) is 0 Å². The van der Waals surface area contributed by atoms with E-state index in [2.05, 4.69) is 42.3 Å². The zero-order valence-corrected chi connectivity index (χ0v) is 17.6. The first kappa shape index (κ1) is 22.3. The van der Waals surface area contributed by atoms with E-state index in [-0.39, 0.29) is 0 Å². The summed E-state index contributed by atoms with van der Waals surface area (Å²) in [4.78, 5) is 0. The van der Waals surface area contributed by atoms with Gasteiger partial charge in [-0.25, -0.2) is 9.13 Å². The third kappa shape index (κ3) is 10.1. The van der Waals surface area contributed by atoms with Crippen LogP contribution in [-0.4, -0.2) is 4.57 Å². The molecule has 0 saturated heterocycles. The standard InChI is InChI=1S/C23H45N2/c1-4-7-10-12-13-15-17-20-25-22-21-24(23(25)18-9-6-3)19-16-14-11-8-5-2/h21-22H,4-20H2,1-3H3/q+1. The molecule has 2 nitrogen and oxygen atoms in total. The van der Waals surface area contributed by atoms with Crippen molar-refractivity contribution in [2.75, 3.05) is 0 Å². The van der Waals surface area contributed by atoms with E-state index in [4.69, 9.17) is 0 Å². The van der Waals surface area contributed by atoms with Crippen LogP contribution in [0.25, 0.3) is 0 Å². The molecule has 0 aliphatic rings. The smallest absolute Gasteiger partial charge is 0.234 e. The Labute approximate surface area is 158 Å².